The zero-order valence-corrected chi connectivity index (χ0v) is 17.5. The van der Waals surface area contributed by atoms with Crippen LogP contribution in [0.15, 0.2) is 53.4 Å². The summed E-state index contributed by atoms with van der Waals surface area (Å²) in [5.41, 5.74) is 3.70. The van der Waals surface area contributed by atoms with Crippen LogP contribution in [0.3, 0.4) is 0 Å². The van der Waals surface area contributed by atoms with Gasteiger partial charge in [0.25, 0.3) is 11.8 Å². The molecule has 0 aliphatic carbocycles. The van der Waals surface area contributed by atoms with Crippen molar-refractivity contribution < 1.29 is 14.3 Å². The summed E-state index contributed by atoms with van der Waals surface area (Å²) in [5.74, 6) is -0.0865. The summed E-state index contributed by atoms with van der Waals surface area (Å²) < 4.78 is 5.87. The second-order valence-electron chi connectivity index (χ2n) is 6.20. The lowest BCUT2D eigenvalue weighted by molar-refractivity contribution is -0.123. The smallest absolute Gasteiger partial charge is 0.285 e. The van der Waals surface area contributed by atoms with E-state index in [1.54, 1.807) is 24.3 Å². The Hall–Kier alpha value is -2.35. The van der Waals surface area contributed by atoms with Gasteiger partial charge < -0.3 is 4.74 Å². The molecule has 2 aromatic carbocycles. The number of hydrogen-bond acceptors (Lipinski definition) is 5. The first-order valence-corrected chi connectivity index (χ1v) is 10.0. The molecule has 2 aromatic rings. The predicted octanol–water partition coefficient (Wildman–Crippen LogP) is 4.67. The molecule has 5 nitrogen and oxygen atoms in total. The van der Waals surface area contributed by atoms with Crippen molar-refractivity contribution in [3.05, 3.63) is 69.6 Å². The molecular formula is C20H17ClN2O3S2. The van der Waals surface area contributed by atoms with Crippen molar-refractivity contribution in [1.82, 2.24) is 10.4 Å². The van der Waals surface area contributed by atoms with E-state index in [-0.39, 0.29) is 16.3 Å². The molecule has 0 bridgehead atoms. The van der Waals surface area contributed by atoms with E-state index in [1.807, 2.05) is 38.1 Å². The summed E-state index contributed by atoms with van der Waals surface area (Å²) in [6.45, 7) is 3.91. The number of nitrogens with one attached hydrogen (secondary N) is 1. The fourth-order valence-electron chi connectivity index (χ4n) is 2.43. The number of benzene rings is 2. The van der Waals surface area contributed by atoms with E-state index in [0.717, 1.165) is 28.1 Å². The molecule has 144 valence electrons. The largest absolute Gasteiger partial charge is 0.491 e. The van der Waals surface area contributed by atoms with Crippen molar-refractivity contribution in [2.45, 2.75) is 20.0 Å². The molecule has 0 spiro atoms. The number of amides is 2. The number of carbonyl (C=O) groups excluding carboxylic acids is 2. The molecule has 1 aliphatic heterocycles. The third-order valence-electron chi connectivity index (χ3n) is 3.64. The monoisotopic (exact) mass is 432 g/mol. The first-order valence-electron chi connectivity index (χ1n) is 8.45. The third kappa shape index (κ3) is 4.92. The summed E-state index contributed by atoms with van der Waals surface area (Å²) in [6, 6.07) is 13.8. The van der Waals surface area contributed by atoms with E-state index in [1.165, 1.54) is 6.07 Å². The molecule has 1 N–H and O–H groups in total. The Morgan fingerprint density at radius 3 is 2.61 bits per heavy atom. The Bertz CT molecular complexity index is 958. The molecule has 1 heterocycles. The number of hydrogen-bond donors (Lipinski definition) is 1. The number of ether oxygens (including phenoxy) is 1. The summed E-state index contributed by atoms with van der Waals surface area (Å²) >= 11 is 12.3. The Kier molecular flexibility index (Phi) is 6.39. The second kappa shape index (κ2) is 8.77. The van der Waals surface area contributed by atoms with E-state index >= 15 is 0 Å². The van der Waals surface area contributed by atoms with E-state index in [9.17, 15) is 9.59 Å². The highest BCUT2D eigenvalue weighted by Gasteiger charge is 2.33. The van der Waals surface area contributed by atoms with Gasteiger partial charge in [-0.2, -0.15) is 5.01 Å². The highest BCUT2D eigenvalue weighted by atomic mass is 35.5. The Morgan fingerprint density at radius 2 is 1.96 bits per heavy atom. The third-order valence-corrected chi connectivity index (χ3v) is 5.18. The van der Waals surface area contributed by atoms with Crippen LogP contribution in [-0.2, 0) is 4.79 Å². The minimum atomic E-state index is -0.463. The molecule has 8 heteroatoms. The molecule has 0 atom stereocenters. The number of hydrazine groups is 1. The average Bonchev–Trinajstić information content (AvgIpc) is 2.90. The van der Waals surface area contributed by atoms with Crippen molar-refractivity contribution in [3.63, 3.8) is 0 Å². The molecule has 0 radical (unpaired) electrons. The van der Waals surface area contributed by atoms with Crippen LogP contribution in [0.2, 0.25) is 5.02 Å². The van der Waals surface area contributed by atoms with Gasteiger partial charge in [-0.05, 0) is 68.0 Å². The molecule has 28 heavy (non-hydrogen) atoms. The molecule has 1 fully saturated rings. The Balaban J connectivity index is 1.72. The normalized spacial score (nSPS) is 15.4. The van der Waals surface area contributed by atoms with E-state index < -0.39 is 5.91 Å². The Morgan fingerprint density at radius 1 is 1.25 bits per heavy atom. The van der Waals surface area contributed by atoms with Crippen LogP contribution < -0.4 is 10.2 Å². The second-order valence-corrected chi connectivity index (χ2v) is 8.32. The predicted molar refractivity (Wildman–Crippen MR) is 116 cm³/mol. The maximum atomic E-state index is 12.7. The van der Waals surface area contributed by atoms with E-state index in [4.69, 9.17) is 28.6 Å². The highest BCUT2D eigenvalue weighted by molar-refractivity contribution is 8.26. The molecule has 0 saturated carbocycles. The topological polar surface area (TPSA) is 58.6 Å². The van der Waals surface area contributed by atoms with Gasteiger partial charge in [-0.15, -0.1) is 0 Å². The maximum absolute atomic E-state index is 12.7. The minimum Gasteiger partial charge on any atom is -0.491 e. The van der Waals surface area contributed by atoms with Gasteiger partial charge in [0.2, 0.25) is 0 Å². The van der Waals surface area contributed by atoms with Crippen molar-refractivity contribution in [2.75, 3.05) is 0 Å². The molecule has 3 rings (SSSR count). The molecule has 1 saturated heterocycles. The lowest BCUT2D eigenvalue weighted by atomic mass is 10.2. The van der Waals surface area contributed by atoms with Gasteiger partial charge in [-0.25, -0.2) is 0 Å². The average molecular weight is 433 g/mol. The van der Waals surface area contributed by atoms with Gasteiger partial charge >= 0.3 is 0 Å². The minimum absolute atomic E-state index is 0.0882. The molecule has 0 unspecified atom stereocenters. The van der Waals surface area contributed by atoms with Crippen LogP contribution in [0, 0.1) is 0 Å². The van der Waals surface area contributed by atoms with Crippen LogP contribution in [0.25, 0.3) is 6.08 Å². The number of thioether (sulfide) groups is 1. The highest BCUT2D eigenvalue weighted by Crippen LogP contribution is 2.31. The van der Waals surface area contributed by atoms with Crippen LogP contribution >= 0.6 is 35.6 Å². The summed E-state index contributed by atoms with van der Waals surface area (Å²) in [7, 11) is 0. The van der Waals surface area contributed by atoms with Crippen molar-refractivity contribution in [1.29, 1.82) is 0 Å². The fraction of sp³-hybridized carbons (Fsp3) is 0.150. The lowest BCUT2D eigenvalue weighted by Gasteiger charge is -2.15. The van der Waals surface area contributed by atoms with Crippen LogP contribution in [-0.4, -0.2) is 27.2 Å². The SMILES string of the molecule is CC(C)Oc1ccc(/C=C2\SC(=S)N(NC(=O)c3cccc(Cl)c3)C2=O)cc1. The van der Waals surface area contributed by atoms with Gasteiger partial charge in [0.05, 0.1) is 11.0 Å². The van der Waals surface area contributed by atoms with Crippen molar-refractivity contribution in [3.8, 4) is 5.75 Å². The molecular weight excluding hydrogens is 416 g/mol. The van der Waals surface area contributed by atoms with Crippen molar-refractivity contribution in [2.24, 2.45) is 0 Å². The van der Waals surface area contributed by atoms with E-state index in [2.05, 4.69) is 5.43 Å². The molecule has 0 aromatic heterocycles. The molecule has 2 amide bonds. The number of carbonyl (C=O) groups is 2. The number of nitrogens with zero attached hydrogens (tertiary/aromatic N) is 1. The Labute approximate surface area is 177 Å². The first kappa shape index (κ1) is 20.4. The lowest BCUT2D eigenvalue weighted by Crippen LogP contribution is -2.44. The summed E-state index contributed by atoms with van der Waals surface area (Å²) in [5, 5.41) is 1.51. The zero-order valence-electron chi connectivity index (χ0n) is 15.1. The van der Waals surface area contributed by atoms with Crippen LogP contribution in [0.1, 0.15) is 29.8 Å². The van der Waals surface area contributed by atoms with Gasteiger partial charge in [-0.3, -0.25) is 15.0 Å². The first-order chi connectivity index (χ1) is 13.3. The summed E-state index contributed by atoms with van der Waals surface area (Å²) in [4.78, 5) is 25.4. The van der Waals surface area contributed by atoms with Gasteiger partial charge in [0, 0.05) is 10.6 Å². The fourth-order valence-corrected chi connectivity index (χ4v) is 3.80. The van der Waals surface area contributed by atoms with Gasteiger partial charge in [0.15, 0.2) is 4.32 Å². The zero-order chi connectivity index (χ0) is 20.3. The number of rotatable bonds is 5. The molecule has 1 aliphatic rings. The van der Waals surface area contributed by atoms with Gasteiger partial charge in [-0.1, -0.05) is 41.6 Å². The van der Waals surface area contributed by atoms with Crippen molar-refractivity contribution >= 4 is 57.8 Å². The van der Waals surface area contributed by atoms with Crippen LogP contribution in [0.4, 0.5) is 0 Å². The number of halogens is 1. The van der Waals surface area contributed by atoms with E-state index in [0.29, 0.717) is 15.5 Å². The number of thiocarbonyl (C=S) groups is 1. The quantitative estimate of drug-likeness (QED) is 0.549. The summed E-state index contributed by atoms with van der Waals surface area (Å²) in [6.07, 6.45) is 1.81. The van der Waals surface area contributed by atoms with Crippen LogP contribution in [0.5, 0.6) is 5.75 Å². The standard InChI is InChI=1S/C20H17ClN2O3S2/c1-12(2)26-16-8-6-13(7-9-16)10-17-19(25)23(20(27)28-17)22-18(24)14-4-3-5-15(21)11-14/h3-12H,1-2H3,(H,22,24)/b17-10-. The van der Waals surface area contributed by atoms with Gasteiger partial charge in [0.1, 0.15) is 5.75 Å². The maximum Gasteiger partial charge on any atom is 0.285 e.